The minimum absolute atomic E-state index is 0. The molecule has 125 heavy (non-hydrogen) atoms. The number of aromatic nitrogens is 20. The summed E-state index contributed by atoms with van der Waals surface area (Å²) in [5.74, 6) is 7.55. The van der Waals surface area contributed by atoms with Crippen LogP contribution >= 0.6 is 28.3 Å². The first-order valence-corrected chi connectivity index (χ1v) is 43.8. The quantitative estimate of drug-likeness (QED) is 0.0547. The monoisotopic (exact) mass is 1760 g/mol. The summed E-state index contributed by atoms with van der Waals surface area (Å²) >= 11 is 3.26. The van der Waals surface area contributed by atoms with Gasteiger partial charge in [-0.1, -0.05) is 6.07 Å². The third-order valence-corrected chi connectivity index (χ3v) is 24.4. The van der Waals surface area contributed by atoms with Gasteiger partial charge in [0.05, 0.1) is 67.6 Å². The van der Waals surface area contributed by atoms with E-state index in [1.807, 2.05) is 110 Å². The number of aldehydes is 1. The van der Waals surface area contributed by atoms with Gasteiger partial charge in [-0.2, -0.15) is 25.5 Å². The fourth-order valence-electron chi connectivity index (χ4n) is 17.6. The van der Waals surface area contributed by atoms with Gasteiger partial charge in [0.1, 0.15) is 27.9 Å². The van der Waals surface area contributed by atoms with Gasteiger partial charge in [-0.05, 0) is 252 Å². The highest BCUT2D eigenvalue weighted by molar-refractivity contribution is 9.10. The zero-order chi connectivity index (χ0) is 84.0. The summed E-state index contributed by atoms with van der Waals surface area (Å²) in [4.78, 5) is 68.1. The molecular weight excluding hydrogens is 1660 g/mol. The molecule has 13 aliphatic rings. The summed E-state index contributed by atoms with van der Waals surface area (Å²) in [6.45, 7) is 16.4. The first-order valence-electron chi connectivity index (χ1n) is 43.0. The third-order valence-electron chi connectivity index (χ3n) is 23.9. The topological polar surface area (TPSA) is 340 Å². The van der Waals surface area contributed by atoms with Gasteiger partial charge >= 0.3 is 0 Å². The SMILES string of the molecule is Brc1ccc(C2OCCO2)cn1.CC1=CC(Nc2cc(C)nc(-c3ccc(N4CC5CC(C4)N5)nc3)n2)=NC1.Cc1cc(Cc2cc(C)[nH]n2)nc(-c2ccc(N3CC4CC(C3)N4Cc3ccc(-n4cc5c(n4)CCC5)nc3)nc2)n1.Cl.O=Cc1ccc(-n2cc3c(n2)CCC3)nc1.c1cc(-n2cc3c(n2)CCC3)ncc1C1OCCO1.c1n[nH]c2c1CCC2. The molecule has 9 aliphatic heterocycles. The minimum Gasteiger partial charge on any atom is -0.353 e. The second kappa shape index (κ2) is 38.3. The van der Waals surface area contributed by atoms with Crippen LogP contribution in [-0.2, 0) is 83.3 Å². The van der Waals surface area contributed by atoms with E-state index in [1.165, 1.54) is 108 Å². The van der Waals surface area contributed by atoms with E-state index in [2.05, 4.69) is 174 Å². The summed E-state index contributed by atoms with van der Waals surface area (Å²) in [5, 5.41) is 34.9. The highest BCUT2D eigenvalue weighted by Crippen LogP contribution is 2.37. The Bertz CT molecular complexity index is 5830. The van der Waals surface area contributed by atoms with Crippen LogP contribution in [-0.4, -0.2) is 200 Å². The first kappa shape index (κ1) is 84.0. The van der Waals surface area contributed by atoms with E-state index >= 15 is 0 Å². The maximum absolute atomic E-state index is 10.5. The van der Waals surface area contributed by atoms with E-state index in [-0.39, 0.29) is 25.0 Å². The van der Waals surface area contributed by atoms with Gasteiger partial charge in [0.2, 0.25) is 0 Å². The average Bonchev–Trinajstić information content (AvgIpc) is 1.76. The van der Waals surface area contributed by atoms with Crippen molar-refractivity contribution < 1.29 is 23.7 Å². The second-order valence-electron chi connectivity index (χ2n) is 33.2. The lowest BCUT2D eigenvalue weighted by molar-refractivity contribution is -0.0445. The predicted molar refractivity (Wildman–Crippen MR) is 478 cm³/mol. The van der Waals surface area contributed by atoms with E-state index in [1.54, 1.807) is 29.3 Å². The molecule has 0 saturated carbocycles. The van der Waals surface area contributed by atoms with Crippen molar-refractivity contribution in [3.8, 4) is 40.2 Å². The summed E-state index contributed by atoms with van der Waals surface area (Å²) in [5.41, 5.74) is 22.2. The van der Waals surface area contributed by atoms with Crippen LogP contribution in [0.1, 0.15) is 159 Å². The summed E-state index contributed by atoms with van der Waals surface area (Å²) in [6.07, 6.45) is 38.7. The Labute approximate surface area is 738 Å². The molecule has 13 aromatic heterocycles. The maximum atomic E-state index is 10.5. The van der Waals surface area contributed by atoms with E-state index in [0.29, 0.717) is 74.2 Å². The normalized spacial score (nSPS) is 19.1. The van der Waals surface area contributed by atoms with Crippen LogP contribution in [0.5, 0.6) is 0 Å². The molecule has 4 atom stereocenters. The number of rotatable bonds is 15. The van der Waals surface area contributed by atoms with Crippen molar-refractivity contribution >= 4 is 57.9 Å². The van der Waals surface area contributed by atoms with Crippen LogP contribution in [0.4, 0.5) is 17.5 Å². The molecule has 0 radical (unpaired) electrons. The number of hydrogen-bond acceptors (Lipinski definition) is 26. The smallest absolute Gasteiger partial charge is 0.185 e. The molecular formula is C92H100BrClN26O5. The fraction of sp³-hybridized carbons (Fsp3) is 0.380. The van der Waals surface area contributed by atoms with Crippen molar-refractivity contribution in [1.29, 1.82) is 0 Å². The van der Waals surface area contributed by atoms with Gasteiger partial charge in [-0.15, -0.1) is 12.4 Å². The highest BCUT2D eigenvalue weighted by Gasteiger charge is 2.45. The first-order chi connectivity index (χ1) is 60.7. The fourth-order valence-corrected chi connectivity index (χ4v) is 17.9. The molecule has 4 aliphatic carbocycles. The lowest BCUT2D eigenvalue weighted by Gasteiger charge is -2.56. The third kappa shape index (κ3) is 20.1. The Kier molecular flexibility index (Phi) is 25.7. The van der Waals surface area contributed by atoms with Crippen molar-refractivity contribution in [1.82, 2.24) is 110 Å². The summed E-state index contributed by atoms with van der Waals surface area (Å²) in [6, 6.07) is 32.3. The number of aryl methyl sites for hydroxylation is 11. The van der Waals surface area contributed by atoms with E-state index in [9.17, 15) is 4.79 Å². The van der Waals surface area contributed by atoms with Crippen molar-refractivity contribution in [2.75, 3.05) is 74.3 Å². The van der Waals surface area contributed by atoms with Crippen LogP contribution < -0.4 is 20.4 Å². The summed E-state index contributed by atoms with van der Waals surface area (Å²) in [7, 11) is 0. The number of nitrogens with zero attached hydrogens (tertiary/aromatic N) is 22. The van der Waals surface area contributed by atoms with Crippen LogP contribution in [0, 0.1) is 20.8 Å². The molecule has 0 spiro atoms. The van der Waals surface area contributed by atoms with Crippen LogP contribution in [0.15, 0.2) is 174 Å². The summed E-state index contributed by atoms with van der Waals surface area (Å²) < 4.78 is 27.9. The number of anilines is 3. The zero-order valence-electron chi connectivity index (χ0n) is 70.4. The largest absolute Gasteiger partial charge is 0.353 e. The van der Waals surface area contributed by atoms with E-state index < -0.39 is 0 Å². The van der Waals surface area contributed by atoms with Gasteiger partial charge in [0, 0.05) is 176 Å². The Morgan fingerprint density at radius 3 is 1.55 bits per heavy atom. The number of amidine groups is 1. The number of H-pyrrole nitrogens is 2. The zero-order valence-corrected chi connectivity index (χ0v) is 72.8. The number of piperazine rings is 2. The molecule has 0 aromatic carbocycles. The molecule has 13 aromatic rings. The number of pyridine rings is 6. The van der Waals surface area contributed by atoms with Gasteiger partial charge in [0.15, 0.2) is 48.0 Å². The number of fused-ring (bicyclic) bond motifs is 8. The van der Waals surface area contributed by atoms with Gasteiger partial charge in [-0.3, -0.25) is 24.9 Å². The number of halogens is 2. The predicted octanol–water partition coefficient (Wildman–Crippen LogP) is 12.7. The Morgan fingerprint density at radius 1 is 0.512 bits per heavy atom. The molecule has 8 fully saturated rings. The second-order valence-corrected chi connectivity index (χ2v) is 34.1. The van der Waals surface area contributed by atoms with Crippen LogP contribution in [0.2, 0.25) is 0 Å². The molecule has 0 amide bonds. The standard InChI is InChI=1S/C32H34N10.C20H23N7.C14H15N3O2.C12H11N3O.C8H8BrNO2.C6H8N2.ClH/c1-20-10-25(12-26-11-21(2)37-38-26)36-32(35-20)23-7-9-30(34-15-23)40-18-27-13-28(19-40)41(27)16-22-6-8-31(33-14-22)42-17-24-4-3-5-29(24)39-42;1-12-5-17(21-8-12)25-18-6-13(2)23-20(26-18)14-3-4-19(22-9-14)27-10-15-7-16(11-27)24-15;1-2-11-9-17(16-12(11)3-1)13-5-4-10(8-15-13)14-18-6-7-19-14;16-8-9-4-5-12(13-6-9)15-7-10-2-1-3-11(10)14-15;9-7-2-1-6(5-10-7)8-11-3-4-12-8;1-2-5-4-7-8-6(5)3-1;/h6-11,14-15,17,27-28H,3-5,12-13,16,18-19H2,1-2H3,(H,37,38);3-6,9,15-16,24H,7-8,10-11H2,1-2H3,(H,21,23,25,26);4-5,8-9,14H,1-3,6-7H2;4-8H,1-3H2;1-2,5,8H,3-4H2;4H,1-3H2,(H,7,8);1H. The van der Waals surface area contributed by atoms with Gasteiger partial charge in [0.25, 0.3) is 0 Å². The number of carbonyl (C=O) groups excluding carboxylic acids is 1. The molecule has 33 heteroatoms. The molecule has 8 saturated heterocycles. The molecule has 31 nitrogen and oxygen atoms in total. The molecule has 4 N–H and O–H groups in total. The number of piperidine rings is 2. The molecule has 26 rings (SSSR count). The molecule has 642 valence electrons. The van der Waals surface area contributed by atoms with Crippen molar-refractivity contribution in [3.05, 3.63) is 265 Å². The van der Waals surface area contributed by atoms with E-state index in [4.69, 9.17) is 39.0 Å². The van der Waals surface area contributed by atoms with Gasteiger partial charge < -0.3 is 39.4 Å². The Balaban J connectivity index is 0.000000110. The molecule has 22 heterocycles. The number of carbonyl (C=O) groups is 1. The number of nitrogens with one attached hydrogen (secondary N) is 4. The minimum atomic E-state index is -0.260. The van der Waals surface area contributed by atoms with E-state index in [0.717, 1.165) is 180 Å². The molecule has 4 unspecified atom stereocenters. The number of aromatic amines is 2. The Morgan fingerprint density at radius 2 is 1.05 bits per heavy atom. The number of aliphatic imine (C=N–C) groups is 1. The van der Waals surface area contributed by atoms with Gasteiger partial charge in [-0.25, -0.2) is 63.9 Å². The van der Waals surface area contributed by atoms with Crippen LogP contribution in [0.25, 0.3) is 40.2 Å². The van der Waals surface area contributed by atoms with Crippen molar-refractivity contribution in [2.24, 2.45) is 4.99 Å². The van der Waals surface area contributed by atoms with Crippen molar-refractivity contribution in [2.45, 2.75) is 167 Å². The lowest BCUT2D eigenvalue weighted by atomic mass is 9.87. The maximum Gasteiger partial charge on any atom is 0.185 e. The number of hydrogen-bond donors (Lipinski definition) is 4. The Hall–Kier alpha value is -11.9. The number of ether oxygens (including phenoxy) is 4. The lowest BCUT2D eigenvalue weighted by Crippen LogP contribution is -2.68. The van der Waals surface area contributed by atoms with Crippen molar-refractivity contribution in [3.63, 3.8) is 0 Å². The van der Waals surface area contributed by atoms with Crippen LogP contribution in [0.3, 0.4) is 0 Å². The highest BCUT2D eigenvalue weighted by atomic mass is 79.9. The average molecular weight is 1770 g/mol. The molecule has 4 bridgehead atoms.